The second kappa shape index (κ2) is 7.34. The van der Waals surface area contributed by atoms with Crippen LogP contribution in [0.4, 0.5) is 17.2 Å². The zero-order chi connectivity index (χ0) is 20.6. The summed E-state index contributed by atoms with van der Waals surface area (Å²) >= 11 is 0. The molecule has 2 aromatic carbocycles. The number of nitrogens with one attached hydrogen (secondary N) is 2. The molecule has 1 aliphatic heterocycles. The molecule has 0 bridgehead atoms. The molecule has 1 aliphatic rings. The number of anilines is 3. The Morgan fingerprint density at radius 1 is 0.967 bits per heavy atom. The van der Waals surface area contributed by atoms with E-state index in [0.717, 1.165) is 52.4 Å². The van der Waals surface area contributed by atoms with Crippen LogP contribution in [0.2, 0.25) is 0 Å². The molecular formula is C25H24N4O. The number of benzene rings is 2. The maximum Gasteiger partial charge on any atom is 0.146 e. The van der Waals surface area contributed by atoms with Crippen LogP contribution in [-0.4, -0.2) is 15.6 Å². The van der Waals surface area contributed by atoms with Gasteiger partial charge in [0.25, 0.3) is 0 Å². The molecule has 5 heteroatoms. The number of fused-ring (bicyclic) bond motifs is 2. The van der Waals surface area contributed by atoms with Gasteiger partial charge in [0.05, 0.1) is 11.2 Å². The quantitative estimate of drug-likeness (QED) is 0.453. The number of hydrogen-bond acceptors (Lipinski definition) is 5. The van der Waals surface area contributed by atoms with Gasteiger partial charge >= 0.3 is 0 Å². The lowest BCUT2D eigenvalue weighted by atomic mass is 10.0. The topological polar surface area (TPSA) is 59.1 Å². The summed E-state index contributed by atoms with van der Waals surface area (Å²) in [5.74, 6) is 1.73. The van der Waals surface area contributed by atoms with Crippen molar-refractivity contribution in [2.75, 3.05) is 10.6 Å². The smallest absolute Gasteiger partial charge is 0.146 e. The number of rotatable bonds is 5. The van der Waals surface area contributed by atoms with Crippen molar-refractivity contribution in [2.24, 2.45) is 0 Å². The van der Waals surface area contributed by atoms with Crippen LogP contribution >= 0.6 is 0 Å². The maximum atomic E-state index is 6.17. The highest BCUT2D eigenvalue weighted by atomic mass is 16.5. The third-order valence-electron chi connectivity index (χ3n) is 5.29. The average molecular weight is 396 g/mol. The molecule has 30 heavy (non-hydrogen) atoms. The Kier molecular flexibility index (Phi) is 4.51. The van der Waals surface area contributed by atoms with Crippen LogP contribution in [0.15, 0.2) is 73.1 Å². The van der Waals surface area contributed by atoms with E-state index in [4.69, 9.17) is 9.72 Å². The highest BCUT2D eigenvalue weighted by molar-refractivity contribution is 5.92. The van der Waals surface area contributed by atoms with Gasteiger partial charge in [-0.25, -0.2) is 4.98 Å². The minimum Gasteiger partial charge on any atom is -0.485 e. The molecule has 4 aromatic rings. The molecule has 5 nitrogen and oxygen atoms in total. The fourth-order valence-electron chi connectivity index (χ4n) is 3.93. The van der Waals surface area contributed by atoms with E-state index >= 15 is 0 Å². The van der Waals surface area contributed by atoms with Crippen LogP contribution in [0, 0.1) is 0 Å². The summed E-state index contributed by atoms with van der Waals surface area (Å²) in [6.45, 7) is 4.95. The van der Waals surface area contributed by atoms with Crippen molar-refractivity contribution < 1.29 is 4.74 Å². The van der Waals surface area contributed by atoms with Gasteiger partial charge in [0, 0.05) is 42.0 Å². The normalized spacial score (nSPS) is 14.2. The van der Waals surface area contributed by atoms with Gasteiger partial charge < -0.3 is 15.4 Å². The van der Waals surface area contributed by atoms with E-state index in [1.165, 1.54) is 5.56 Å². The molecule has 5 rings (SSSR count). The van der Waals surface area contributed by atoms with Crippen molar-refractivity contribution in [2.45, 2.75) is 32.4 Å². The molecule has 0 radical (unpaired) electrons. The summed E-state index contributed by atoms with van der Waals surface area (Å²) in [7, 11) is 0. The zero-order valence-electron chi connectivity index (χ0n) is 17.1. The zero-order valence-corrected chi connectivity index (χ0v) is 17.1. The predicted molar refractivity (Wildman–Crippen MR) is 121 cm³/mol. The van der Waals surface area contributed by atoms with Gasteiger partial charge in [0.15, 0.2) is 0 Å². The first-order chi connectivity index (χ1) is 14.6. The Hall–Kier alpha value is -3.60. The SMILES string of the molecule is CC1(C)Cc2cccc(Nc3ccc4c(NCc5cccnc5)cccc4n3)c2O1. The summed E-state index contributed by atoms with van der Waals surface area (Å²) in [6, 6.07) is 20.5. The molecular weight excluding hydrogens is 372 g/mol. The summed E-state index contributed by atoms with van der Waals surface area (Å²) < 4.78 is 6.17. The van der Waals surface area contributed by atoms with Gasteiger partial charge in [-0.05, 0) is 55.8 Å². The molecule has 0 amide bonds. The lowest BCUT2D eigenvalue weighted by Crippen LogP contribution is -2.24. The van der Waals surface area contributed by atoms with E-state index in [0.29, 0.717) is 0 Å². The Morgan fingerprint density at radius 2 is 1.83 bits per heavy atom. The fourth-order valence-corrected chi connectivity index (χ4v) is 3.93. The first kappa shape index (κ1) is 18.4. The van der Waals surface area contributed by atoms with E-state index in [2.05, 4.69) is 59.8 Å². The molecule has 0 atom stereocenters. The molecule has 0 spiro atoms. The minimum atomic E-state index is -0.175. The van der Waals surface area contributed by atoms with E-state index in [1.807, 2.05) is 36.5 Å². The summed E-state index contributed by atoms with van der Waals surface area (Å²) in [6.07, 6.45) is 4.57. The number of ether oxygens (including phenoxy) is 1. The van der Waals surface area contributed by atoms with Gasteiger partial charge in [-0.15, -0.1) is 0 Å². The molecule has 0 unspecified atom stereocenters. The van der Waals surface area contributed by atoms with E-state index in [9.17, 15) is 0 Å². The third kappa shape index (κ3) is 3.66. The Balaban J connectivity index is 1.40. The number of nitrogens with zero attached hydrogens (tertiary/aromatic N) is 2. The van der Waals surface area contributed by atoms with Crippen LogP contribution < -0.4 is 15.4 Å². The van der Waals surface area contributed by atoms with Gasteiger partial charge in [-0.3, -0.25) is 4.98 Å². The Bertz CT molecular complexity index is 1200. The Morgan fingerprint density at radius 3 is 2.70 bits per heavy atom. The number of hydrogen-bond donors (Lipinski definition) is 2. The van der Waals surface area contributed by atoms with Crippen LogP contribution in [-0.2, 0) is 13.0 Å². The Labute approximate surface area is 176 Å². The largest absolute Gasteiger partial charge is 0.485 e. The predicted octanol–water partition coefficient (Wildman–Crippen LogP) is 5.70. The molecule has 2 N–H and O–H groups in total. The van der Waals surface area contributed by atoms with Crippen molar-refractivity contribution in [3.63, 3.8) is 0 Å². The number of pyridine rings is 2. The van der Waals surface area contributed by atoms with Gasteiger partial charge in [-0.2, -0.15) is 0 Å². The second-order valence-corrected chi connectivity index (χ2v) is 8.24. The minimum absolute atomic E-state index is 0.175. The lowest BCUT2D eigenvalue weighted by Gasteiger charge is -2.18. The second-order valence-electron chi connectivity index (χ2n) is 8.24. The molecule has 3 heterocycles. The van der Waals surface area contributed by atoms with Crippen molar-refractivity contribution in [1.29, 1.82) is 0 Å². The van der Waals surface area contributed by atoms with Gasteiger partial charge in [-0.1, -0.05) is 24.3 Å². The molecule has 0 aliphatic carbocycles. The van der Waals surface area contributed by atoms with Crippen LogP contribution in [0.5, 0.6) is 5.75 Å². The highest BCUT2D eigenvalue weighted by Gasteiger charge is 2.31. The van der Waals surface area contributed by atoms with E-state index < -0.39 is 0 Å². The number of para-hydroxylation sites is 1. The van der Waals surface area contributed by atoms with Gasteiger partial charge in [0.1, 0.15) is 17.2 Å². The van der Waals surface area contributed by atoms with E-state index in [-0.39, 0.29) is 5.60 Å². The molecule has 2 aromatic heterocycles. The average Bonchev–Trinajstić information content (AvgIpc) is 3.08. The molecule has 0 saturated carbocycles. The first-order valence-electron chi connectivity index (χ1n) is 10.2. The van der Waals surface area contributed by atoms with Crippen molar-refractivity contribution in [3.05, 3.63) is 84.2 Å². The van der Waals surface area contributed by atoms with Crippen LogP contribution in [0.25, 0.3) is 10.9 Å². The van der Waals surface area contributed by atoms with Crippen LogP contribution in [0.3, 0.4) is 0 Å². The monoisotopic (exact) mass is 396 g/mol. The number of aromatic nitrogens is 2. The standard InChI is InChI=1S/C25H24N4O/c1-25(2)14-18-7-3-10-22(24(18)30-25)29-23-12-11-19-20(8-4-9-21(19)28-23)27-16-17-6-5-13-26-15-17/h3-13,15,27H,14,16H2,1-2H3,(H,28,29). The van der Waals surface area contributed by atoms with Crippen molar-refractivity contribution in [3.8, 4) is 5.75 Å². The summed E-state index contributed by atoms with van der Waals surface area (Å²) in [4.78, 5) is 9.00. The summed E-state index contributed by atoms with van der Waals surface area (Å²) in [5.41, 5.74) is 5.14. The molecule has 0 saturated heterocycles. The van der Waals surface area contributed by atoms with Crippen molar-refractivity contribution in [1.82, 2.24) is 9.97 Å². The fraction of sp³-hybridized carbons (Fsp3) is 0.200. The molecule has 150 valence electrons. The summed E-state index contributed by atoms with van der Waals surface area (Å²) in [5, 5.41) is 8.03. The highest BCUT2D eigenvalue weighted by Crippen LogP contribution is 2.41. The van der Waals surface area contributed by atoms with Gasteiger partial charge in [0.2, 0.25) is 0 Å². The molecule has 0 fully saturated rings. The lowest BCUT2D eigenvalue weighted by molar-refractivity contribution is 0.139. The first-order valence-corrected chi connectivity index (χ1v) is 10.2. The van der Waals surface area contributed by atoms with Crippen LogP contribution in [0.1, 0.15) is 25.0 Å². The maximum absolute atomic E-state index is 6.17. The van der Waals surface area contributed by atoms with Crippen molar-refractivity contribution >= 4 is 28.1 Å². The third-order valence-corrected chi connectivity index (χ3v) is 5.29. The van der Waals surface area contributed by atoms with E-state index in [1.54, 1.807) is 6.20 Å².